The first-order valence-corrected chi connectivity index (χ1v) is 7.57. The zero-order valence-corrected chi connectivity index (χ0v) is 13.5. The molecule has 0 bridgehead atoms. The van der Waals surface area contributed by atoms with Gasteiger partial charge in [-0.2, -0.15) is 0 Å². The molecule has 0 radical (unpaired) electrons. The fraction of sp³-hybridized carbons (Fsp3) is 0.167. The van der Waals surface area contributed by atoms with Gasteiger partial charge in [0.2, 0.25) is 11.5 Å². The van der Waals surface area contributed by atoms with Gasteiger partial charge in [-0.3, -0.25) is 15.0 Å². The highest BCUT2D eigenvalue weighted by molar-refractivity contribution is 5.97. The summed E-state index contributed by atoms with van der Waals surface area (Å²) in [5, 5.41) is 10.9. The molecule has 2 N–H and O–H groups in total. The summed E-state index contributed by atoms with van der Waals surface area (Å²) in [6, 6.07) is 14.4. The van der Waals surface area contributed by atoms with Crippen LogP contribution in [0.15, 0.2) is 48.5 Å². The molecule has 1 heterocycles. The first-order chi connectivity index (χ1) is 11.5. The van der Waals surface area contributed by atoms with E-state index in [2.05, 4.69) is 5.32 Å². The van der Waals surface area contributed by atoms with Gasteiger partial charge in [0.15, 0.2) is 5.78 Å². The number of nitrogens with one attached hydrogen (secondary N) is 2. The zero-order chi connectivity index (χ0) is 17.3. The molecule has 6 heteroatoms. The van der Waals surface area contributed by atoms with Gasteiger partial charge in [-0.25, -0.2) is 0 Å². The van der Waals surface area contributed by atoms with E-state index < -0.39 is 0 Å². The van der Waals surface area contributed by atoms with Crippen LogP contribution in [-0.2, 0) is 18.4 Å². The Bertz CT molecular complexity index is 980. The van der Waals surface area contributed by atoms with Gasteiger partial charge in [-0.1, -0.05) is 12.1 Å². The molecule has 0 unspecified atom stereocenters. The number of carbonyl (C=O) groups is 2. The van der Waals surface area contributed by atoms with E-state index in [1.165, 1.54) is 6.92 Å². The summed E-state index contributed by atoms with van der Waals surface area (Å²) in [6.07, 6.45) is 0. The average molecular weight is 322 g/mol. The number of aromatic nitrogens is 2. The molecule has 0 fully saturated rings. The normalized spacial score (nSPS) is 10.8. The monoisotopic (exact) mass is 322 g/mol. The van der Waals surface area contributed by atoms with Crippen LogP contribution in [0.25, 0.3) is 11.0 Å². The van der Waals surface area contributed by atoms with Crippen LogP contribution in [-0.4, -0.2) is 20.8 Å². The molecule has 122 valence electrons. The van der Waals surface area contributed by atoms with Crippen molar-refractivity contribution in [2.24, 2.45) is 7.05 Å². The van der Waals surface area contributed by atoms with Crippen molar-refractivity contribution < 1.29 is 9.59 Å². The Morgan fingerprint density at radius 1 is 1.04 bits per heavy atom. The van der Waals surface area contributed by atoms with Gasteiger partial charge < -0.3 is 14.5 Å². The minimum atomic E-state index is -0.153. The van der Waals surface area contributed by atoms with E-state index in [1.54, 1.807) is 33.4 Å². The molecule has 0 aliphatic carbocycles. The predicted octanol–water partition coefficient (Wildman–Crippen LogP) is 2.30. The minimum Gasteiger partial charge on any atom is -0.326 e. The lowest BCUT2D eigenvalue weighted by molar-refractivity contribution is -0.114. The molecule has 2 aromatic carbocycles. The maximum Gasteiger partial charge on any atom is 0.221 e. The third-order valence-electron chi connectivity index (χ3n) is 3.94. The first kappa shape index (κ1) is 15.7. The highest BCUT2D eigenvalue weighted by atomic mass is 16.1. The topological polar surface area (TPSA) is 79.9 Å². The van der Waals surface area contributed by atoms with Crippen molar-refractivity contribution in [1.29, 1.82) is 5.41 Å². The third kappa shape index (κ3) is 2.86. The van der Waals surface area contributed by atoms with Crippen molar-refractivity contribution in [3.63, 3.8) is 0 Å². The summed E-state index contributed by atoms with van der Waals surface area (Å²) < 4.78 is 3.45. The van der Waals surface area contributed by atoms with Crippen LogP contribution in [0.4, 0.5) is 5.69 Å². The maximum absolute atomic E-state index is 12.6. The van der Waals surface area contributed by atoms with Gasteiger partial charge in [0.25, 0.3) is 0 Å². The number of fused-ring (bicyclic) bond motifs is 1. The largest absolute Gasteiger partial charge is 0.326 e. The Kier molecular flexibility index (Phi) is 4.04. The van der Waals surface area contributed by atoms with Gasteiger partial charge in [0, 0.05) is 25.2 Å². The number of benzene rings is 2. The molecule has 3 rings (SSSR count). The zero-order valence-electron chi connectivity index (χ0n) is 13.5. The standard InChI is InChI=1S/C18H18N4O2/c1-12(23)20-14-9-7-13(8-10-14)17(24)11-22-16-6-4-3-5-15(16)21(2)18(22)19/h3-10,19H,11H2,1-2H3,(H,20,23). The summed E-state index contributed by atoms with van der Waals surface area (Å²) in [6.45, 7) is 1.53. The summed E-state index contributed by atoms with van der Waals surface area (Å²) in [5.74, 6) is -0.238. The molecule has 1 amide bonds. The molecule has 24 heavy (non-hydrogen) atoms. The van der Waals surface area contributed by atoms with E-state index in [-0.39, 0.29) is 23.9 Å². The number of Topliss-reactive ketones (excluding diaryl/α,β-unsaturated/α-hetero) is 1. The highest BCUT2D eigenvalue weighted by Gasteiger charge is 2.13. The average Bonchev–Trinajstić information content (AvgIpc) is 2.80. The summed E-state index contributed by atoms with van der Waals surface area (Å²) in [4.78, 5) is 23.6. The van der Waals surface area contributed by atoms with Crippen LogP contribution in [0.1, 0.15) is 17.3 Å². The van der Waals surface area contributed by atoms with Crippen LogP contribution < -0.4 is 10.9 Å². The quantitative estimate of drug-likeness (QED) is 0.723. The smallest absolute Gasteiger partial charge is 0.221 e. The number of carbonyl (C=O) groups excluding carboxylic acids is 2. The number of hydrogen-bond donors (Lipinski definition) is 2. The van der Waals surface area contributed by atoms with Crippen molar-refractivity contribution in [1.82, 2.24) is 9.13 Å². The lowest BCUT2D eigenvalue weighted by Gasteiger charge is -2.06. The van der Waals surface area contributed by atoms with Crippen LogP contribution in [0, 0.1) is 5.41 Å². The predicted molar refractivity (Wildman–Crippen MR) is 91.8 cm³/mol. The number of aryl methyl sites for hydroxylation is 1. The molecular formula is C18H18N4O2. The van der Waals surface area contributed by atoms with Gasteiger partial charge in [0.05, 0.1) is 17.6 Å². The number of rotatable bonds is 4. The van der Waals surface area contributed by atoms with Gasteiger partial charge in [0.1, 0.15) is 0 Å². The third-order valence-corrected chi connectivity index (χ3v) is 3.94. The Hall–Kier alpha value is -3.15. The van der Waals surface area contributed by atoms with Crippen LogP contribution in [0.3, 0.4) is 0 Å². The number of nitrogens with zero attached hydrogens (tertiary/aromatic N) is 2. The van der Waals surface area contributed by atoms with Crippen LogP contribution in [0.2, 0.25) is 0 Å². The molecular weight excluding hydrogens is 304 g/mol. The van der Waals surface area contributed by atoms with E-state index in [0.717, 1.165) is 11.0 Å². The van der Waals surface area contributed by atoms with Crippen LogP contribution in [0.5, 0.6) is 0 Å². The molecule has 3 aromatic rings. The molecule has 0 atom stereocenters. The van der Waals surface area contributed by atoms with E-state index in [1.807, 2.05) is 31.3 Å². The Morgan fingerprint density at radius 3 is 2.29 bits per heavy atom. The Balaban J connectivity index is 1.89. The van der Waals surface area contributed by atoms with Crippen molar-refractivity contribution >= 4 is 28.4 Å². The van der Waals surface area contributed by atoms with Crippen molar-refractivity contribution in [2.45, 2.75) is 13.5 Å². The van der Waals surface area contributed by atoms with Crippen molar-refractivity contribution in [3.05, 3.63) is 59.7 Å². The van der Waals surface area contributed by atoms with E-state index >= 15 is 0 Å². The number of amides is 1. The van der Waals surface area contributed by atoms with Crippen molar-refractivity contribution in [2.75, 3.05) is 5.32 Å². The van der Waals surface area contributed by atoms with Crippen molar-refractivity contribution in [3.8, 4) is 0 Å². The number of para-hydroxylation sites is 2. The van der Waals surface area contributed by atoms with E-state index in [9.17, 15) is 9.59 Å². The summed E-state index contributed by atoms with van der Waals surface area (Å²) in [7, 11) is 1.81. The fourth-order valence-corrected chi connectivity index (χ4v) is 2.72. The number of ketones is 1. The highest BCUT2D eigenvalue weighted by Crippen LogP contribution is 2.14. The SMILES string of the molecule is CC(=O)Nc1ccc(C(=O)Cn2c(=N)n(C)c3ccccc32)cc1. The molecule has 1 aromatic heterocycles. The lowest BCUT2D eigenvalue weighted by Crippen LogP contribution is -2.25. The minimum absolute atomic E-state index is 0.0840. The second-order valence-electron chi connectivity index (χ2n) is 5.64. The first-order valence-electron chi connectivity index (χ1n) is 7.57. The molecule has 0 aliphatic heterocycles. The number of hydrogen-bond acceptors (Lipinski definition) is 3. The fourth-order valence-electron chi connectivity index (χ4n) is 2.72. The van der Waals surface area contributed by atoms with E-state index in [0.29, 0.717) is 11.3 Å². The molecule has 0 saturated carbocycles. The second-order valence-corrected chi connectivity index (χ2v) is 5.64. The molecule has 0 spiro atoms. The number of imidazole rings is 1. The summed E-state index contributed by atoms with van der Waals surface area (Å²) >= 11 is 0. The Morgan fingerprint density at radius 2 is 1.67 bits per heavy atom. The van der Waals surface area contributed by atoms with Crippen LogP contribution >= 0.6 is 0 Å². The van der Waals surface area contributed by atoms with Gasteiger partial charge in [-0.15, -0.1) is 0 Å². The lowest BCUT2D eigenvalue weighted by atomic mass is 10.1. The second kappa shape index (κ2) is 6.16. The number of anilines is 1. The summed E-state index contributed by atoms with van der Waals surface area (Å²) in [5.41, 5.74) is 3.24. The molecule has 0 saturated heterocycles. The van der Waals surface area contributed by atoms with Gasteiger partial charge >= 0.3 is 0 Å². The molecule has 0 aliphatic rings. The Labute approximate surface area is 138 Å². The molecule has 6 nitrogen and oxygen atoms in total. The van der Waals surface area contributed by atoms with E-state index in [4.69, 9.17) is 5.41 Å². The maximum atomic E-state index is 12.6. The van der Waals surface area contributed by atoms with Gasteiger partial charge in [-0.05, 0) is 36.4 Å².